The smallest absolute Gasteiger partial charge is 0.169 e. The Morgan fingerprint density at radius 2 is 1.95 bits per heavy atom. The van der Waals surface area contributed by atoms with Gasteiger partial charge in [-0.15, -0.1) is 0 Å². The van der Waals surface area contributed by atoms with E-state index < -0.39 is 0 Å². The molecule has 0 saturated carbocycles. The zero-order chi connectivity index (χ0) is 13.1. The first-order valence-electron chi connectivity index (χ1n) is 7.12. The van der Waals surface area contributed by atoms with Gasteiger partial charge in [0.25, 0.3) is 0 Å². The van der Waals surface area contributed by atoms with Crippen LogP contribution in [0.25, 0.3) is 0 Å². The van der Waals surface area contributed by atoms with Crippen LogP contribution >= 0.6 is 15.9 Å². The van der Waals surface area contributed by atoms with Gasteiger partial charge in [0.15, 0.2) is 4.67 Å². The molecule has 0 aromatic carbocycles. The molecule has 1 aromatic heterocycles. The molecule has 2 saturated heterocycles. The Balaban J connectivity index is 1.81. The van der Waals surface area contributed by atoms with Gasteiger partial charge in [-0.05, 0) is 46.8 Å². The summed E-state index contributed by atoms with van der Waals surface area (Å²) in [6.07, 6.45) is 2.26. The second-order valence-electron chi connectivity index (χ2n) is 5.32. The first-order chi connectivity index (χ1) is 9.34. The maximum atomic E-state index is 5.87. The van der Waals surface area contributed by atoms with Gasteiger partial charge in [-0.25, -0.2) is 0 Å². The summed E-state index contributed by atoms with van der Waals surface area (Å²) in [5.41, 5.74) is 0. The van der Waals surface area contributed by atoms with Gasteiger partial charge in [0.2, 0.25) is 0 Å². The molecule has 1 atom stereocenters. The molecule has 2 aliphatic heterocycles. The van der Waals surface area contributed by atoms with Crippen molar-refractivity contribution in [3.05, 3.63) is 22.6 Å². The summed E-state index contributed by atoms with van der Waals surface area (Å²) in [7, 11) is 0. The molecule has 2 aliphatic rings. The Morgan fingerprint density at radius 1 is 1.21 bits per heavy atom. The van der Waals surface area contributed by atoms with E-state index in [9.17, 15) is 0 Å². The number of hydrogen-bond acceptors (Lipinski definition) is 4. The zero-order valence-electron chi connectivity index (χ0n) is 11.1. The minimum Gasteiger partial charge on any atom is -0.453 e. The number of furan rings is 1. The van der Waals surface area contributed by atoms with Gasteiger partial charge in [0.1, 0.15) is 5.76 Å². The average molecular weight is 329 g/mol. The van der Waals surface area contributed by atoms with E-state index >= 15 is 0 Å². The standard InChI is InChI=1S/C14H21BrN2O2/c15-13-2-1-12(19-13)14(11-3-9-18-10-4-11)17-7-5-16-6-8-17/h1-2,11,14,16H,3-10H2/t14-/m0/s1. The molecule has 1 N–H and O–H groups in total. The fourth-order valence-electron chi connectivity index (χ4n) is 3.19. The number of rotatable bonds is 3. The molecule has 4 nitrogen and oxygen atoms in total. The molecule has 5 heteroatoms. The molecule has 2 fully saturated rings. The Hall–Kier alpha value is -0.360. The third kappa shape index (κ3) is 3.21. The molecule has 0 radical (unpaired) electrons. The van der Waals surface area contributed by atoms with Crippen LogP contribution in [0.15, 0.2) is 21.2 Å². The molecule has 19 heavy (non-hydrogen) atoms. The first kappa shape index (κ1) is 13.6. The largest absolute Gasteiger partial charge is 0.453 e. The van der Waals surface area contributed by atoms with Gasteiger partial charge in [-0.1, -0.05) is 0 Å². The van der Waals surface area contributed by atoms with E-state index in [1.165, 1.54) is 0 Å². The number of hydrogen-bond donors (Lipinski definition) is 1. The highest BCUT2D eigenvalue weighted by atomic mass is 79.9. The lowest BCUT2D eigenvalue weighted by Crippen LogP contribution is -2.47. The lowest BCUT2D eigenvalue weighted by molar-refractivity contribution is 0.0146. The SMILES string of the molecule is Brc1ccc([C@H](C2CCOCC2)N2CCNCC2)o1. The number of ether oxygens (including phenoxy) is 1. The van der Waals surface area contributed by atoms with Crippen molar-refractivity contribution in [2.24, 2.45) is 5.92 Å². The van der Waals surface area contributed by atoms with Gasteiger partial charge in [-0.2, -0.15) is 0 Å². The van der Waals surface area contributed by atoms with E-state index in [1.807, 2.05) is 6.07 Å². The summed E-state index contributed by atoms with van der Waals surface area (Å²) in [4.78, 5) is 2.57. The molecule has 0 spiro atoms. The quantitative estimate of drug-likeness (QED) is 0.924. The summed E-state index contributed by atoms with van der Waals surface area (Å²) in [6, 6.07) is 4.52. The molecule has 0 unspecified atom stereocenters. The number of piperazine rings is 1. The summed E-state index contributed by atoms with van der Waals surface area (Å²) in [5, 5.41) is 3.42. The highest BCUT2D eigenvalue weighted by Gasteiger charge is 2.33. The third-order valence-electron chi connectivity index (χ3n) is 4.14. The zero-order valence-corrected chi connectivity index (χ0v) is 12.7. The summed E-state index contributed by atoms with van der Waals surface area (Å²) >= 11 is 3.43. The predicted octanol–water partition coefficient (Wildman–Crippen LogP) is 2.42. The number of nitrogens with one attached hydrogen (secondary N) is 1. The van der Waals surface area contributed by atoms with E-state index in [0.29, 0.717) is 12.0 Å². The van der Waals surface area contributed by atoms with Crippen molar-refractivity contribution in [3.63, 3.8) is 0 Å². The fourth-order valence-corrected chi connectivity index (χ4v) is 3.51. The molecule has 0 bridgehead atoms. The van der Waals surface area contributed by atoms with Crippen molar-refractivity contribution in [2.75, 3.05) is 39.4 Å². The molecule has 3 heterocycles. The van der Waals surface area contributed by atoms with Crippen molar-refractivity contribution < 1.29 is 9.15 Å². The summed E-state index contributed by atoms with van der Waals surface area (Å²) in [6.45, 7) is 6.11. The lowest BCUT2D eigenvalue weighted by atomic mass is 9.88. The summed E-state index contributed by atoms with van der Waals surface area (Å²) < 4.78 is 12.2. The van der Waals surface area contributed by atoms with E-state index in [2.05, 4.69) is 32.2 Å². The maximum absolute atomic E-state index is 5.87. The van der Waals surface area contributed by atoms with Crippen LogP contribution in [0, 0.1) is 5.92 Å². The Kier molecular flexibility index (Phi) is 4.58. The van der Waals surface area contributed by atoms with Crippen LogP contribution in [0.4, 0.5) is 0 Å². The highest BCUT2D eigenvalue weighted by molar-refractivity contribution is 9.10. The normalized spacial score (nSPS) is 24.5. The monoisotopic (exact) mass is 328 g/mol. The van der Waals surface area contributed by atoms with Gasteiger partial charge in [0.05, 0.1) is 6.04 Å². The van der Waals surface area contributed by atoms with E-state index in [4.69, 9.17) is 9.15 Å². The number of nitrogens with zero attached hydrogens (tertiary/aromatic N) is 1. The summed E-state index contributed by atoms with van der Waals surface area (Å²) in [5.74, 6) is 1.74. The predicted molar refractivity (Wildman–Crippen MR) is 77.1 cm³/mol. The van der Waals surface area contributed by atoms with Crippen LogP contribution in [0.2, 0.25) is 0 Å². The van der Waals surface area contributed by atoms with Crippen LogP contribution < -0.4 is 5.32 Å². The molecule has 3 rings (SSSR count). The Bertz CT molecular complexity index is 380. The Morgan fingerprint density at radius 3 is 2.58 bits per heavy atom. The van der Waals surface area contributed by atoms with Crippen LogP contribution in [0.3, 0.4) is 0 Å². The van der Waals surface area contributed by atoms with E-state index in [1.54, 1.807) is 0 Å². The maximum Gasteiger partial charge on any atom is 0.169 e. The van der Waals surface area contributed by atoms with Crippen molar-refractivity contribution in [3.8, 4) is 0 Å². The van der Waals surface area contributed by atoms with Crippen molar-refractivity contribution in [1.82, 2.24) is 10.2 Å². The second kappa shape index (κ2) is 6.39. The second-order valence-corrected chi connectivity index (χ2v) is 6.10. The molecule has 106 valence electrons. The molecule has 0 amide bonds. The van der Waals surface area contributed by atoms with Gasteiger partial charge < -0.3 is 14.5 Å². The minimum absolute atomic E-state index is 0.400. The van der Waals surface area contributed by atoms with E-state index in [0.717, 1.165) is 62.7 Å². The number of halogens is 1. The van der Waals surface area contributed by atoms with Crippen LogP contribution in [-0.2, 0) is 4.74 Å². The fraction of sp³-hybridized carbons (Fsp3) is 0.714. The molecule has 0 aliphatic carbocycles. The van der Waals surface area contributed by atoms with Crippen molar-refractivity contribution in [1.29, 1.82) is 0 Å². The van der Waals surface area contributed by atoms with Gasteiger partial charge >= 0.3 is 0 Å². The minimum atomic E-state index is 0.400. The van der Waals surface area contributed by atoms with Gasteiger partial charge in [-0.3, -0.25) is 4.90 Å². The molecular formula is C14H21BrN2O2. The van der Waals surface area contributed by atoms with Gasteiger partial charge in [0, 0.05) is 39.4 Å². The Labute approximate surface area is 122 Å². The molecular weight excluding hydrogens is 308 g/mol. The molecule has 1 aromatic rings. The van der Waals surface area contributed by atoms with E-state index in [-0.39, 0.29) is 0 Å². The van der Waals surface area contributed by atoms with Crippen LogP contribution in [-0.4, -0.2) is 44.3 Å². The van der Waals surface area contributed by atoms with Crippen molar-refractivity contribution in [2.45, 2.75) is 18.9 Å². The lowest BCUT2D eigenvalue weighted by Gasteiger charge is -2.39. The van der Waals surface area contributed by atoms with Crippen LogP contribution in [0.5, 0.6) is 0 Å². The first-order valence-corrected chi connectivity index (χ1v) is 7.91. The average Bonchev–Trinajstić information content (AvgIpc) is 2.88. The van der Waals surface area contributed by atoms with Crippen LogP contribution in [0.1, 0.15) is 24.6 Å². The third-order valence-corrected chi connectivity index (χ3v) is 4.57. The van der Waals surface area contributed by atoms with Crippen molar-refractivity contribution >= 4 is 15.9 Å². The topological polar surface area (TPSA) is 37.6 Å². The highest BCUT2D eigenvalue weighted by Crippen LogP contribution is 2.36.